The summed E-state index contributed by atoms with van der Waals surface area (Å²) in [5.41, 5.74) is 7.97. The number of nitrogens with two attached hydrogens (primary N) is 1. The smallest absolute Gasteiger partial charge is 0.243 e. The Morgan fingerprint density at radius 3 is 2.95 bits per heavy atom. The van der Waals surface area contributed by atoms with E-state index in [1.165, 1.54) is 0 Å². The number of primary amides is 1. The molecule has 0 spiro atoms. The molecule has 110 valence electrons. The van der Waals surface area contributed by atoms with Crippen LogP contribution in [-0.2, 0) is 29.5 Å². The average Bonchev–Trinajstić information content (AvgIpc) is 2.85. The number of H-pyrrole nitrogens is 1. The van der Waals surface area contributed by atoms with E-state index in [1.807, 2.05) is 16.3 Å². The maximum Gasteiger partial charge on any atom is 0.243 e. The van der Waals surface area contributed by atoms with E-state index in [-0.39, 0.29) is 6.61 Å². The minimum Gasteiger partial charge on any atom is -0.370 e. The second-order valence-electron chi connectivity index (χ2n) is 4.62. The van der Waals surface area contributed by atoms with Gasteiger partial charge in [0.1, 0.15) is 12.1 Å². The Morgan fingerprint density at radius 2 is 2.30 bits per heavy atom. The standard InChI is InChI=1S/C12H19N5O2S/c1-3-4-8-10-11(16(2)15-8)17(12(20)14-10)5-6-19-7-9(13)18/h3-7H2,1-2H3,(H2,13,18)(H,14,20). The zero-order chi connectivity index (χ0) is 14.7. The van der Waals surface area contributed by atoms with Crippen LogP contribution in [0.15, 0.2) is 0 Å². The Kier molecular flexibility index (Phi) is 4.56. The van der Waals surface area contributed by atoms with Crippen LogP contribution in [0, 0.1) is 4.77 Å². The normalized spacial score (nSPS) is 11.3. The first-order valence-corrected chi connectivity index (χ1v) is 6.95. The second-order valence-corrected chi connectivity index (χ2v) is 5.01. The van der Waals surface area contributed by atoms with E-state index in [0.29, 0.717) is 17.9 Å². The van der Waals surface area contributed by atoms with E-state index in [0.717, 1.165) is 29.7 Å². The Balaban J connectivity index is 2.22. The van der Waals surface area contributed by atoms with Crippen molar-refractivity contribution >= 4 is 29.3 Å². The molecule has 3 N–H and O–H groups in total. The topological polar surface area (TPSA) is 90.9 Å². The fourth-order valence-electron chi connectivity index (χ4n) is 2.23. The number of hydrogen-bond donors (Lipinski definition) is 2. The zero-order valence-electron chi connectivity index (χ0n) is 11.7. The van der Waals surface area contributed by atoms with Crippen molar-refractivity contribution in [2.45, 2.75) is 26.3 Å². The molecule has 7 nitrogen and oxygen atoms in total. The van der Waals surface area contributed by atoms with E-state index in [4.69, 9.17) is 22.7 Å². The highest BCUT2D eigenvalue weighted by molar-refractivity contribution is 7.71. The van der Waals surface area contributed by atoms with Gasteiger partial charge in [0.25, 0.3) is 0 Å². The van der Waals surface area contributed by atoms with Crippen LogP contribution in [0.25, 0.3) is 11.2 Å². The van der Waals surface area contributed by atoms with Crippen molar-refractivity contribution in [2.24, 2.45) is 12.8 Å². The number of aryl methyl sites for hydroxylation is 2. The summed E-state index contributed by atoms with van der Waals surface area (Å²) in [6.45, 7) is 2.97. The number of rotatable bonds is 7. The monoisotopic (exact) mass is 297 g/mol. The lowest BCUT2D eigenvalue weighted by atomic mass is 10.2. The molecule has 0 aromatic carbocycles. The third kappa shape index (κ3) is 2.91. The molecule has 2 heterocycles. The van der Waals surface area contributed by atoms with Gasteiger partial charge in [0.2, 0.25) is 5.91 Å². The number of carbonyl (C=O) groups excluding carboxylic acids is 1. The zero-order valence-corrected chi connectivity index (χ0v) is 12.5. The summed E-state index contributed by atoms with van der Waals surface area (Å²) in [6, 6.07) is 0. The molecule has 0 aliphatic carbocycles. The van der Waals surface area contributed by atoms with Gasteiger partial charge < -0.3 is 15.5 Å². The summed E-state index contributed by atoms with van der Waals surface area (Å²) in [7, 11) is 1.89. The molecule has 0 aliphatic heterocycles. The number of ether oxygens (including phenoxy) is 1. The highest BCUT2D eigenvalue weighted by Gasteiger charge is 2.14. The highest BCUT2D eigenvalue weighted by atomic mass is 32.1. The van der Waals surface area contributed by atoms with Crippen LogP contribution in [0.4, 0.5) is 0 Å². The van der Waals surface area contributed by atoms with Crippen LogP contribution in [0.3, 0.4) is 0 Å². The lowest BCUT2D eigenvalue weighted by Crippen LogP contribution is -2.20. The van der Waals surface area contributed by atoms with Gasteiger partial charge in [-0.3, -0.25) is 14.0 Å². The Morgan fingerprint density at radius 1 is 1.55 bits per heavy atom. The molecule has 2 aromatic rings. The predicted octanol–water partition coefficient (Wildman–Crippen LogP) is 0.887. The SMILES string of the molecule is CCCc1nn(C)c2c1[nH]c(=S)n2CCOCC(N)=O. The van der Waals surface area contributed by atoms with Gasteiger partial charge in [-0.1, -0.05) is 13.3 Å². The third-order valence-electron chi connectivity index (χ3n) is 3.01. The van der Waals surface area contributed by atoms with Crippen molar-refractivity contribution < 1.29 is 9.53 Å². The minimum absolute atomic E-state index is 0.0760. The van der Waals surface area contributed by atoms with Crippen LogP contribution in [0.1, 0.15) is 19.0 Å². The summed E-state index contributed by atoms with van der Waals surface area (Å²) >= 11 is 5.33. The molecule has 0 saturated carbocycles. The third-order valence-corrected chi connectivity index (χ3v) is 3.33. The number of amides is 1. The lowest BCUT2D eigenvalue weighted by Gasteiger charge is -2.05. The van der Waals surface area contributed by atoms with Crippen LogP contribution in [0.2, 0.25) is 0 Å². The largest absolute Gasteiger partial charge is 0.370 e. The van der Waals surface area contributed by atoms with E-state index >= 15 is 0 Å². The van der Waals surface area contributed by atoms with E-state index in [2.05, 4.69) is 17.0 Å². The first kappa shape index (κ1) is 14.7. The van der Waals surface area contributed by atoms with Crippen molar-refractivity contribution in [1.82, 2.24) is 19.3 Å². The summed E-state index contributed by atoms with van der Waals surface area (Å²) in [5, 5.41) is 4.50. The van der Waals surface area contributed by atoms with Crippen molar-refractivity contribution in [1.29, 1.82) is 0 Å². The summed E-state index contributed by atoms with van der Waals surface area (Å²) in [6.07, 6.45) is 1.93. The molecule has 0 saturated heterocycles. The molecule has 2 rings (SSSR count). The minimum atomic E-state index is -0.474. The number of imidazole rings is 1. The number of nitrogens with zero attached hydrogens (tertiary/aromatic N) is 3. The van der Waals surface area contributed by atoms with E-state index < -0.39 is 5.91 Å². The summed E-state index contributed by atoms with van der Waals surface area (Å²) in [5.74, 6) is -0.474. The second kappa shape index (κ2) is 6.19. The van der Waals surface area contributed by atoms with Gasteiger partial charge in [-0.05, 0) is 18.6 Å². The molecular formula is C12H19N5O2S. The van der Waals surface area contributed by atoms with Crippen molar-refractivity contribution in [3.63, 3.8) is 0 Å². The first-order chi connectivity index (χ1) is 9.54. The average molecular weight is 297 g/mol. The maximum atomic E-state index is 10.6. The maximum absolute atomic E-state index is 10.6. The van der Waals surface area contributed by atoms with Crippen LogP contribution >= 0.6 is 12.2 Å². The molecule has 0 fully saturated rings. The van der Waals surface area contributed by atoms with Gasteiger partial charge >= 0.3 is 0 Å². The Bertz CT molecular complexity index is 669. The van der Waals surface area contributed by atoms with Crippen LogP contribution < -0.4 is 5.73 Å². The fraction of sp³-hybridized carbons (Fsp3) is 0.583. The highest BCUT2D eigenvalue weighted by Crippen LogP contribution is 2.18. The molecule has 0 radical (unpaired) electrons. The fourth-order valence-corrected chi connectivity index (χ4v) is 2.51. The van der Waals surface area contributed by atoms with Crippen molar-refractivity contribution in [3.05, 3.63) is 10.5 Å². The number of aromatic nitrogens is 4. The van der Waals surface area contributed by atoms with Gasteiger partial charge in [-0.25, -0.2) is 0 Å². The van der Waals surface area contributed by atoms with Gasteiger partial charge in [-0.2, -0.15) is 5.10 Å². The van der Waals surface area contributed by atoms with Gasteiger partial charge in [0.15, 0.2) is 10.4 Å². The molecular weight excluding hydrogens is 278 g/mol. The number of aromatic amines is 1. The molecule has 20 heavy (non-hydrogen) atoms. The van der Waals surface area contributed by atoms with E-state index in [9.17, 15) is 4.79 Å². The molecule has 0 unspecified atom stereocenters. The number of fused-ring (bicyclic) bond motifs is 1. The molecule has 1 amide bonds. The quantitative estimate of drug-likeness (QED) is 0.586. The van der Waals surface area contributed by atoms with Crippen LogP contribution in [-0.4, -0.2) is 38.5 Å². The van der Waals surface area contributed by atoms with Crippen LogP contribution in [0.5, 0.6) is 0 Å². The molecule has 0 bridgehead atoms. The van der Waals surface area contributed by atoms with Crippen molar-refractivity contribution in [2.75, 3.05) is 13.2 Å². The Labute approximate surface area is 121 Å². The van der Waals surface area contributed by atoms with E-state index in [1.54, 1.807) is 0 Å². The predicted molar refractivity (Wildman–Crippen MR) is 77.9 cm³/mol. The first-order valence-electron chi connectivity index (χ1n) is 6.55. The van der Waals surface area contributed by atoms with Gasteiger partial charge in [-0.15, -0.1) is 0 Å². The Hall–Kier alpha value is -1.67. The number of hydrogen-bond acceptors (Lipinski definition) is 4. The lowest BCUT2D eigenvalue weighted by molar-refractivity contribution is -0.122. The molecule has 8 heteroatoms. The summed E-state index contributed by atoms with van der Waals surface area (Å²) < 4.78 is 9.56. The molecule has 0 aliphatic rings. The van der Waals surface area contributed by atoms with Gasteiger partial charge in [0.05, 0.1) is 18.8 Å². The van der Waals surface area contributed by atoms with Crippen molar-refractivity contribution in [3.8, 4) is 0 Å². The number of nitrogens with one attached hydrogen (secondary N) is 1. The summed E-state index contributed by atoms with van der Waals surface area (Å²) in [4.78, 5) is 13.8. The molecule has 0 atom stereocenters. The molecule has 2 aromatic heterocycles. The number of carbonyl (C=O) groups is 1. The van der Waals surface area contributed by atoms with Gasteiger partial charge in [0, 0.05) is 7.05 Å².